The van der Waals surface area contributed by atoms with Gasteiger partial charge >= 0.3 is 0 Å². The van der Waals surface area contributed by atoms with E-state index in [9.17, 15) is 0 Å². The van der Waals surface area contributed by atoms with Crippen molar-refractivity contribution in [3.05, 3.63) is 48.4 Å². The lowest BCUT2D eigenvalue weighted by molar-refractivity contribution is 0.313. The van der Waals surface area contributed by atoms with Crippen LogP contribution in [-0.2, 0) is 7.05 Å². The SMILES string of the molecule is C=C1CCC(c2nn(C)c3cc(N4CCN(C)CC4)ccc23)C(=C)N1. The summed E-state index contributed by atoms with van der Waals surface area (Å²) in [4.78, 5) is 4.85. The van der Waals surface area contributed by atoms with Gasteiger partial charge in [0.15, 0.2) is 0 Å². The Labute approximate surface area is 149 Å². The van der Waals surface area contributed by atoms with Crippen LogP contribution in [0.2, 0.25) is 0 Å². The van der Waals surface area contributed by atoms with E-state index in [2.05, 4.69) is 53.5 Å². The lowest BCUT2D eigenvalue weighted by Crippen LogP contribution is -2.44. The quantitative estimate of drug-likeness (QED) is 0.914. The number of aryl methyl sites for hydroxylation is 1. The molecule has 0 spiro atoms. The van der Waals surface area contributed by atoms with Crippen molar-refractivity contribution in [2.45, 2.75) is 18.8 Å². The molecule has 2 aliphatic rings. The molecule has 2 saturated heterocycles. The Kier molecular flexibility index (Phi) is 4.04. The van der Waals surface area contributed by atoms with Crippen LogP contribution < -0.4 is 10.2 Å². The van der Waals surface area contributed by atoms with Crippen LogP contribution in [0.5, 0.6) is 0 Å². The minimum absolute atomic E-state index is 0.253. The van der Waals surface area contributed by atoms with E-state index in [0.29, 0.717) is 0 Å². The van der Waals surface area contributed by atoms with Crippen molar-refractivity contribution < 1.29 is 0 Å². The molecule has 1 unspecified atom stereocenters. The van der Waals surface area contributed by atoms with Crippen molar-refractivity contribution in [1.29, 1.82) is 0 Å². The molecule has 2 fully saturated rings. The number of aromatic nitrogens is 2. The summed E-state index contributed by atoms with van der Waals surface area (Å²) in [5.74, 6) is 0.253. The first-order valence-electron chi connectivity index (χ1n) is 9.06. The molecule has 0 aliphatic carbocycles. The number of hydrogen-bond donors (Lipinski definition) is 1. The number of anilines is 1. The molecule has 0 bridgehead atoms. The van der Waals surface area contributed by atoms with Gasteiger partial charge in [-0.15, -0.1) is 0 Å². The van der Waals surface area contributed by atoms with E-state index in [4.69, 9.17) is 5.10 Å². The lowest BCUT2D eigenvalue weighted by atomic mass is 9.90. The summed E-state index contributed by atoms with van der Waals surface area (Å²) >= 11 is 0. The maximum atomic E-state index is 4.85. The van der Waals surface area contributed by atoms with Crippen molar-refractivity contribution in [3.63, 3.8) is 0 Å². The van der Waals surface area contributed by atoms with Gasteiger partial charge in [-0.25, -0.2) is 0 Å². The molecular weight excluding hydrogens is 310 g/mol. The fourth-order valence-corrected chi connectivity index (χ4v) is 3.96. The van der Waals surface area contributed by atoms with Crippen molar-refractivity contribution in [3.8, 4) is 0 Å². The molecule has 0 radical (unpaired) electrons. The van der Waals surface area contributed by atoms with Crippen LogP contribution in [0.15, 0.2) is 42.8 Å². The highest BCUT2D eigenvalue weighted by molar-refractivity contribution is 5.86. The summed E-state index contributed by atoms with van der Waals surface area (Å²) in [6, 6.07) is 6.77. The number of piperidine rings is 1. The maximum Gasteiger partial charge on any atom is 0.0792 e. The molecule has 1 atom stereocenters. The van der Waals surface area contributed by atoms with Gasteiger partial charge < -0.3 is 15.1 Å². The number of benzene rings is 1. The molecule has 4 rings (SSSR count). The van der Waals surface area contributed by atoms with E-state index in [1.54, 1.807) is 0 Å². The van der Waals surface area contributed by atoms with E-state index < -0.39 is 0 Å². The molecule has 2 aliphatic heterocycles. The predicted molar refractivity (Wildman–Crippen MR) is 104 cm³/mol. The number of piperazine rings is 1. The van der Waals surface area contributed by atoms with Gasteiger partial charge in [-0.05, 0) is 38.1 Å². The molecule has 132 valence electrons. The summed E-state index contributed by atoms with van der Waals surface area (Å²) in [5, 5.41) is 9.40. The summed E-state index contributed by atoms with van der Waals surface area (Å²) in [6.07, 6.45) is 2.00. The van der Waals surface area contributed by atoms with Crippen LogP contribution in [0.3, 0.4) is 0 Å². The van der Waals surface area contributed by atoms with Crippen LogP contribution in [0.25, 0.3) is 10.9 Å². The van der Waals surface area contributed by atoms with E-state index in [-0.39, 0.29) is 5.92 Å². The highest BCUT2D eigenvalue weighted by Gasteiger charge is 2.26. The van der Waals surface area contributed by atoms with E-state index >= 15 is 0 Å². The van der Waals surface area contributed by atoms with Crippen molar-refractivity contribution in [1.82, 2.24) is 20.0 Å². The second-order valence-electron chi connectivity index (χ2n) is 7.35. The van der Waals surface area contributed by atoms with Crippen molar-refractivity contribution in [2.24, 2.45) is 7.05 Å². The Hall–Kier alpha value is -2.27. The Morgan fingerprint density at radius 3 is 2.60 bits per heavy atom. The Bertz CT molecular complexity index is 826. The Morgan fingerprint density at radius 2 is 1.88 bits per heavy atom. The van der Waals surface area contributed by atoms with Gasteiger partial charge in [0.2, 0.25) is 0 Å². The monoisotopic (exact) mass is 337 g/mol. The van der Waals surface area contributed by atoms with Crippen LogP contribution in [0.4, 0.5) is 5.69 Å². The first kappa shape index (κ1) is 16.2. The first-order chi connectivity index (χ1) is 12.0. The van der Waals surface area contributed by atoms with E-state index in [0.717, 1.165) is 56.1 Å². The molecular formula is C20H27N5. The molecule has 3 heterocycles. The zero-order valence-corrected chi connectivity index (χ0v) is 15.3. The van der Waals surface area contributed by atoms with Crippen LogP contribution in [-0.4, -0.2) is 47.9 Å². The Balaban J connectivity index is 1.67. The number of hydrogen-bond acceptors (Lipinski definition) is 4. The molecule has 5 heteroatoms. The molecule has 0 saturated carbocycles. The fraction of sp³-hybridized carbons (Fsp3) is 0.450. The smallest absolute Gasteiger partial charge is 0.0792 e. The minimum atomic E-state index is 0.253. The highest BCUT2D eigenvalue weighted by Crippen LogP contribution is 2.36. The van der Waals surface area contributed by atoms with Crippen LogP contribution in [0.1, 0.15) is 24.5 Å². The standard InChI is InChI=1S/C20H27N5/c1-14-5-7-17(15(2)21-14)20-18-8-6-16(13-19(18)24(4)22-20)25-11-9-23(3)10-12-25/h6,8,13,17,21H,1-2,5,7,9-12H2,3-4H3. The number of nitrogens with one attached hydrogen (secondary N) is 1. The molecule has 1 aromatic carbocycles. The van der Waals surface area contributed by atoms with Gasteiger partial charge in [0.25, 0.3) is 0 Å². The third kappa shape index (κ3) is 2.93. The fourth-order valence-electron chi connectivity index (χ4n) is 3.96. The zero-order chi connectivity index (χ0) is 17.6. The molecule has 1 aromatic heterocycles. The summed E-state index contributed by atoms with van der Waals surface area (Å²) in [6.45, 7) is 12.6. The predicted octanol–water partition coefficient (Wildman–Crippen LogP) is 2.82. The Morgan fingerprint density at radius 1 is 1.12 bits per heavy atom. The molecule has 2 aromatic rings. The average Bonchev–Trinajstić information content (AvgIpc) is 2.92. The minimum Gasteiger partial charge on any atom is -0.369 e. The third-order valence-corrected chi connectivity index (χ3v) is 5.55. The van der Waals surface area contributed by atoms with Gasteiger partial charge in [0.05, 0.1) is 11.2 Å². The zero-order valence-electron chi connectivity index (χ0n) is 15.3. The number of fused-ring (bicyclic) bond motifs is 1. The molecule has 1 N–H and O–H groups in total. The van der Waals surface area contributed by atoms with E-state index in [1.807, 2.05) is 11.7 Å². The first-order valence-corrected chi connectivity index (χ1v) is 9.06. The number of likely N-dealkylation sites (N-methyl/N-ethyl adjacent to an activating group) is 1. The largest absolute Gasteiger partial charge is 0.369 e. The third-order valence-electron chi connectivity index (χ3n) is 5.55. The van der Waals surface area contributed by atoms with Gasteiger partial charge in [-0.2, -0.15) is 5.10 Å². The molecule has 5 nitrogen and oxygen atoms in total. The number of rotatable bonds is 2. The number of nitrogens with zero attached hydrogens (tertiary/aromatic N) is 4. The maximum absolute atomic E-state index is 4.85. The van der Waals surface area contributed by atoms with E-state index in [1.165, 1.54) is 16.6 Å². The van der Waals surface area contributed by atoms with Crippen LogP contribution in [0, 0.1) is 0 Å². The second-order valence-corrected chi connectivity index (χ2v) is 7.35. The molecule has 25 heavy (non-hydrogen) atoms. The summed E-state index contributed by atoms with van der Waals surface area (Å²) < 4.78 is 2.01. The normalized spacial score (nSPS) is 22.5. The topological polar surface area (TPSA) is 36.3 Å². The highest BCUT2D eigenvalue weighted by atomic mass is 15.3. The van der Waals surface area contributed by atoms with Gasteiger partial charge in [0.1, 0.15) is 0 Å². The van der Waals surface area contributed by atoms with Gasteiger partial charge in [-0.1, -0.05) is 13.2 Å². The molecule has 0 amide bonds. The van der Waals surface area contributed by atoms with Gasteiger partial charge in [-0.3, -0.25) is 4.68 Å². The van der Waals surface area contributed by atoms with Crippen molar-refractivity contribution >= 4 is 16.6 Å². The van der Waals surface area contributed by atoms with Gasteiger partial charge in [0, 0.05) is 61.6 Å². The lowest BCUT2D eigenvalue weighted by Gasteiger charge is -2.34. The summed E-state index contributed by atoms with van der Waals surface area (Å²) in [7, 11) is 4.23. The number of allylic oxidation sites excluding steroid dienone is 2. The van der Waals surface area contributed by atoms with Crippen molar-refractivity contribution in [2.75, 3.05) is 38.1 Å². The van der Waals surface area contributed by atoms with Crippen LogP contribution >= 0.6 is 0 Å². The second kappa shape index (κ2) is 6.23. The average molecular weight is 337 g/mol. The summed E-state index contributed by atoms with van der Waals surface area (Å²) in [5.41, 5.74) is 5.69.